The molecule has 0 saturated carbocycles. The van der Waals surface area contributed by atoms with Gasteiger partial charge >= 0.3 is 0 Å². The van der Waals surface area contributed by atoms with Crippen LogP contribution in [0, 0.1) is 0 Å². The monoisotopic (exact) mass is 266 g/mol. The molecule has 0 fully saturated rings. The molecule has 5 nitrogen and oxygen atoms in total. The second kappa shape index (κ2) is 5.05. The maximum atomic E-state index is 5.94. The lowest BCUT2D eigenvalue weighted by Gasteiger charge is -2.11. The Morgan fingerprint density at radius 1 is 1.15 bits per heavy atom. The lowest BCUT2D eigenvalue weighted by molar-refractivity contribution is 0.398. The fourth-order valence-corrected chi connectivity index (χ4v) is 2.02. The van der Waals surface area contributed by atoms with Crippen LogP contribution in [-0.2, 0) is 0 Å². The molecule has 0 aliphatic carbocycles. The van der Waals surface area contributed by atoms with Crippen LogP contribution in [0.15, 0.2) is 48.8 Å². The quantitative estimate of drug-likeness (QED) is 0.762. The zero-order chi connectivity index (χ0) is 13.9. The van der Waals surface area contributed by atoms with Crippen molar-refractivity contribution in [2.24, 2.45) is 0 Å². The molecular formula is C15H14N4O. The number of aromatic nitrogens is 2. The van der Waals surface area contributed by atoms with E-state index < -0.39 is 0 Å². The molecule has 0 bridgehead atoms. The van der Waals surface area contributed by atoms with Crippen LogP contribution in [-0.4, -0.2) is 17.1 Å². The first-order valence-corrected chi connectivity index (χ1v) is 6.18. The van der Waals surface area contributed by atoms with Gasteiger partial charge < -0.3 is 15.8 Å². The summed E-state index contributed by atoms with van der Waals surface area (Å²) in [5.41, 5.74) is 7.41. The van der Waals surface area contributed by atoms with Gasteiger partial charge in [0, 0.05) is 29.5 Å². The second-order valence-electron chi connectivity index (χ2n) is 4.32. The van der Waals surface area contributed by atoms with E-state index in [1.807, 2.05) is 30.5 Å². The number of nitrogens with zero attached hydrogens (tertiary/aromatic N) is 2. The first-order chi connectivity index (χ1) is 9.78. The predicted molar refractivity (Wildman–Crippen MR) is 80.2 cm³/mol. The fourth-order valence-electron chi connectivity index (χ4n) is 2.02. The van der Waals surface area contributed by atoms with Gasteiger partial charge in [0.25, 0.3) is 0 Å². The summed E-state index contributed by atoms with van der Waals surface area (Å²) in [4.78, 5) is 8.47. The summed E-state index contributed by atoms with van der Waals surface area (Å²) >= 11 is 0. The van der Waals surface area contributed by atoms with Crippen molar-refractivity contribution in [3.8, 4) is 5.88 Å². The lowest BCUT2D eigenvalue weighted by Crippen LogP contribution is -2.01. The highest BCUT2D eigenvalue weighted by molar-refractivity contribution is 5.95. The number of nitrogens with one attached hydrogen (secondary N) is 1. The highest BCUT2D eigenvalue weighted by atomic mass is 16.5. The van der Waals surface area contributed by atoms with E-state index in [1.165, 1.54) is 0 Å². The number of fused-ring (bicyclic) bond motifs is 1. The van der Waals surface area contributed by atoms with Crippen molar-refractivity contribution in [1.29, 1.82) is 0 Å². The van der Waals surface area contributed by atoms with Gasteiger partial charge in [-0.15, -0.1) is 0 Å². The Hall–Kier alpha value is -2.82. The average Bonchev–Trinajstić information content (AvgIpc) is 2.50. The highest BCUT2D eigenvalue weighted by Gasteiger charge is 2.06. The number of hydrogen-bond acceptors (Lipinski definition) is 5. The minimum absolute atomic E-state index is 0.514. The molecule has 0 atom stereocenters. The molecule has 0 spiro atoms. The molecule has 2 aromatic heterocycles. The average molecular weight is 266 g/mol. The predicted octanol–water partition coefficient (Wildman–Crippen LogP) is 2.96. The maximum Gasteiger partial charge on any atom is 0.215 e. The van der Waals surface area contributed by atoms with Crippen molar-refractivity contribution in [1.82, 2.24) is 9.97 Å². The van der Waals surface area contributed by atoms with Crippen molar-refractivity contribution in [3.05, 3.63) is 48.8 Å². The Balaban J connectivity index is 2.05. The molecule has 1 aromatic carbocycles. The molecule has 3 rings (SSSR count). The normalized spacial score (nSPS) is 10.4. The van der Waals surface area contributed by atoms with Gasteiger partial charge in [-0.05, 0) is 23.6 Å². The van der Waals surface area contributed by atoms with Crippen LogP contribution in [0.2, 0.25) is 0 Å². The molecular weight excluding hydrogens is 252 g/mol. The van der Waals surface area contributed by atoms with Crippen LogP contribution in [0.5, 0.6) is 5.88 Å². The zero-order valence-electron chi connectivity index (χ0n) is 11.0. The number of nitrogens with two attached hydrogens (primary N) is 1. The van der Waals surface area contributed by atoms with E-state index in [0.29, 0.717) is 17.4 Å². The smallest absolute Gasteiger partial charge is 0.215 e. The number of methoxy groups -OCH3 is 1. The highest BCUT2D eigenvalue weighted by Crippen LogP contribution is 2.28. The number of ether oxygens (including phenoxy) is 1. The fraction of sp³-hybridized carbons (Fsp3) is 0.0667. The van der Waals surface area contributed by atoms with E-state index in [4.69, 9.17) is 10.5 Å². The van der Waals surface area contributed by atoms with Gasteiger partial charge in [-0.3, -0.25) is 4.98 Å². The molecule has 100 valence electrons. The minimum Gasteiger partial charge on any atom is -0.481 e. The van der Waals surface area contributed by atoms with Crippen LogP contribution in [0.25, 0.3) is 10.8 Å². The third-order valence-corrected chi connectivity index (χ3v) is 3.05. The first kappa shape index (κ1) is 12.2. The molecule has 0 saturated heterocycles. The Bertz CT molecular complexity index is 752. The SMILES string of the molecule is COc1ccc(N)c(Nc2cccc3ccncc23)n1. The summed E-state index contributed by atoms with van der Waals surface area (Å²) in [6.07, 6.45) is 3.58. The second-order valence-corrected chi connectivity index (χ2v) is 4.32. The largest absolute Gasteiger partial charge is 0.481 e. The Kier molecular flexibility index (Phi) is 3.09. The number of hydrogen-bond donors (Lipinski definition) is 2. The molecule has 3 N–H and O–H groups in total. The van der Waals surface area contributed by atoms with Crippen LogP contribution in [0.3, 0.4) is 0 Å². The molecule has 0 unspecified atom stereocenters. The van der Waals surface area contributed by atoms with Crippen molar-refractivity contribution < 1.29 is 4.74 Å². The molecule has 3 aromatic rings. The van der Waals surface area contributed by atoms with Gasteiger partial charge in [-0.2, -0.15) is 4.98 Å². The van der Waals surface area contributed by atoms with E-state index in [9.17, 15) is 0 Å². The topological polar surface area (TPSA) is 73.1 Å². The Labute approximate surface area is 116 Å². The minimum atomic E-state index is 0.514. The first-order valence-electron chi connectivity index (χ1n) is 6.18. The molecule has 0 amide bonds. The summed E-state index contributed by atoms with van der Waals surface area (Å²) in [6.45, 7) is 0. The number of nitrogen functional groups attached to an aromatic ring is 1. The molecule has 2 heterocycles. The van der Waals surface area contributed by atoms with Gasteiger partial charge in [0.2, 0.25) is 5.88 Å². The summed E-state index contributed by atoms with van der Waals surface area (Å²) in [5, 5.41) is 5.35. The molecule has 0 aliphatic heterocycles. The summed E-state index contributed by atoms with van der Waals surface area (Å²) in [7, 11) is 1.57. The van der Waals surface area contributed by atoms with Crippen LogP contribution >= 0.6 is 0 Å². The third kappa shape index (κ3) is 2.21. The van der Waals surface area contributed by atoms with Crippen molar-refractivity contribution >= 4 is 28.0 Å². The summed E-state index contributed by atoms with van der Waals surface area (Å²) in [6, 6.07) is 11.4. The molecule has 20 heavy (non-hydrogen) atoms. The van der Waals surface area contributed by atoms with Crippen molar-refractivity contribution in [2.75, 3.05) is 18.2 Å². The van der Waals surface area contributed by atoms with Gasteiger partial charge in [-0.25, -0.2) is 0 Å². The number of pyridine rings is 2. The van der Waals surface area contributed by atoms with E-state index in [0.717, 1.165) is 16.5 Å². The summed E-state index contributed by atoms with van der Waals surface area (Å²) in [5.74, 6) is 1.08. The van der Waals surface area contributed by atoms with Gasteiger partial charge in [0.1, 0.15) is 0 Å². The molecule has 5 heteroatoms. The van der Waals surface area contributed by atoms with E-state index in [1.54, 1.807) is 25.4 Å². The number of rotatable bonds is 3. The lowest BCUT2D eigenvalue weighted by atomic mass is 10.1. The van der Waals surface area contributed by atoms with Gasteiger partial charge in [0.15, 0.2) is 5.82 Å². The third-order valence-electron chi connectivity index (χ3n) is 3.05. The zero-order valence-corrected chi connectivity index (χ0v) is 11.0. The van der Waals surface area contributed by atoms with Gasteiger partial charge in [0.05, 0.1) is 12.8 Å². The van der Waals surface area contributed by atoms with Crippen molar-refractivity contribution in [3.63, 3.8) is 0 Å². The molecule has 0 aliphatic rings. The van der Waals surface area contributed by atoms with Crippen LogP contribution in [0.1, 0.15) is 0 Å². The van der Waals surface area contributed by atoms with Crippen LogP contribution < -0.4 is 15.8 Å². The van der Waals surface area contributed by atoms with Gasteiger partial charge in [-0.1, -0.05) is 12.1 Å². The number of benzene rings is 1. The Morgan fingerprint density at radius 2 is 2.05 bits per heavy atom. The standard InChI is InChI=1S/C15H14N4O/c1-20-14-6-5-12(16)15(19-14)18-13-4-2-3-10-7-8-17-9-11(10)13/h2-9H,16H2,1H3,(H,18,19). The number of anilines is 3. The summed E-state index contributed by atoms with van der Waals surface area (Å²) < 4.78 is 5.12. The maximum absolute atomic E-state index is 5.94. The van der Waals surface area contributed by atoms with E-state index in [2.05, 4.69) is 15.3 Å². The van der Waals surface area contributed by atoms with Crippen molar-refractivity contribution in [2.45, 2.75) is 0 Å². The molecule has 0 radical (unpaired) electrons. The van der Waals surface area contributed by atoms with E-state index in [-0.39, 0.29) is 0 Å². The van der Waals surface area contributed by atoms with Crippen LogP contribution in [0.4, 0.5) is 17.2 Å². The van der Waals surface area contributed by atoms with E-state index >= 15 is 0 Å². The Morgan fingerprint density at radius 3 is 2.90 bits per heavy atom.